The van der Waals surface area contributed by atoms with Crippen molar-refractivity contribution in [1.29, 1.82) is 0 Å². The van der Waals surface area contributed by atoms with Crippen molar-refractivity contribution >= 4 is 12.0 Å². The van der Waals surface area contributed by atoms with E-state index in [4.69, 9.17) is 5.11 Å². The summed E-state index contributed by atoms with van der Waals surface area (Å²) < 4.78 is 0. The fraction of sp³-hybridized carbons (Fsp3) is 0.778. The molecule has 0 saturated heterocycles. The zero-order valence-electron chi connectivity index (χ0n) is 9.08. The Hall–Kier alpha value is -1.30. The number of carboxylic acids is 1. The van der Waals surface area contributed by atoms with Gasteiger partial charge < -0.3 is 10.4 Å². The Bertz CT molecular complexity index is 208. The van der Waals surface area contributed by atoms with Crippen LogP contribution in [-0.4, -0.2) is 29.8 Å². The van der Waals surface area contributed by atoms with Crippen LogP contribution in [0.15, 0.2) is 0 Å². The molecule has 6 heteroatoms. The van der Waals surface area contributed by atoms with Gasteiger partial charge in [0.05, 0.1) is 0 Å². The molecule has 0 radical (unpaired) electrons. The third kappa shape index (κ3) is 9.01. The number of carbonyl (C=O) groups excluding carboxylic acids is 1. The number of unbranched alkanes of at least 4 members (excludes halogenated alkanes) is 1. The number of hydroxylamine groups is 1. The van der Waals surface area contributed by atoms with Gasteiger partial charge in [-0.05, 0) is 13.3 Å². The number of aliphatic carboxylic acids is 1. The lowest BCUT2D eigenvalue weighted by Gasteiger charge is -2.13. The molecule has 15 heavy (non-hydrogen) atoms. The number of rotatable bonds is 7. The van der Waals surface area contributed by atoms with Gasteiger partial charge in [0.25, 0.3) is 0 Å². The minimum Gasteiger partial charge on any atom is -0.479 e. The predicted octanol–water partition coefficient (Wildman–Crippen LogP) is 0.880. The van der Waals surface area contributed by atoms with Gasteiger partial charge in [-0.25, -0.2) is 15.1 Å². The monoisotopic (exact) mass is 218 g/mol. The van der Waals surface area contributed by atoms with E-state index in [0.29, 0.717) is 0 Å². The van der Waals surface area contributed by atoms with Crippen molar-refractivity contribution in [3.05, 3.63) is 0 Å². The molecule has 6 nitrogen and oxygen atoms in total. The smallest absolute Gasteiger partial charge is 0.338 e. The molecular weight excluding hydrogens is 200 g/mol. The lowest BCUT2D eigenvalue weighted by molar-refractivity contribution is -0.144. The topological polar surface area (TPSA) is 87.7 Å². The van der Waals surface area contributed by atoms with E-state index in [2.05, 4.69) is 17.1 Å². The summed E-state index contributed by atoms with van der Waals surface area (Å²) in [5.41, 5.74) is 1.99. The van der Waals surface area contributed by atoms with Crippen LogP contribution in [-0.2, 0) is 9.63 Å². The standard InChI is InChI=1S/C9H18N2O4/c1-3-4-5-7(2)10-9(14)11-15-6-8(12)13/h7H,3-6H2,1-2H3,(H,12,13)(H2,10,11,14). The zero-order chi connectivity index (χ0) is 11.7. The molecule has 1 atom stereocenters. The first-order valence-electron chi connectivity index (χ1n) is 4.96. The van der Waals surface area contributed by atoms with Crippen LogP contribution in [0, 0.1) is 0 Å². The lowest BCUT2D eigenvalue weighted by Crippen LogP contribution is -2.41. The van der Waals surface area contributed by atoms with Crippen LogP contribution in [0.4, 0.5) is 4.79 Å². The summed E-state index contributed by atoms with van der Waals surface area (Å²) in [5, 5.41) is 10.8. The van der Waals surface area contributed by atoms with Crippen molar-refractivity contribution in [2.75, 3.05) is 6.61 Å². The van der Waals surface area contributed by atoms with Crippen LogP contribution < -0.4 is 10.8 Å². The average Bonchev–Trinajstić information content (AvgIpc) is 2.14. The second kappa shape index (κ2) is 8.05. The summed E-state index contributed by atoms with van der Waals surface area (Å²) >= 11 is 0. The van der Waals surface area contributed by atoms with Crippen molar-refractivity contribution in [1.82, 2.24) is 10.8 Å². The van der Waals surface area contributed by atoms with Crippen molar-refractivity contribution in [3.63, 3.8) is 0 Å². The van der Waals surface area contributed by atoms with Gasteiger partial charge in [-0.1, -0.05) is 19.8 Å². The van der Waals surface area contributed by atoms with Gasteiger partial charge in [0.2, 0.25) is 0 Å². The van der Waals surface area contributed by atoms with Crippen LogP contribution in [0.2, 0.25) is 0 Å². The van der Waals surface area contributed by atoms with Gasteiger partial charge in [-0.15, -0.1) is 0 Å². The summed E-state index contributed by atoms with van der Waals surface area (Å²) in [4.78, 5) is 25.5. The average molecular weight is 218 g/mol. The van der Waals surface area contributed by atoms with Gasteiger partial charge in [0.1, 0.15) is 0 Å². The van der Waals surface area contributed by atoms with Crippen LogP contribution in [0.3, 0.4) is 0 Å². The molecular formula is C9H18N2O4. The van der Waals surface area contributed by atoms with Crippen molar-refractivity contribution < 1.29 is 19.5 Å². The minimum absolute atomic E-state index is 0.0541. The number of carbonyl (C=O) groups is 2. The predicted molar refractivity (Wildman–Crippen MR) is 54.2 cm³/mol. The van der Waals surface area contributed by atoms with Gasteiger partial charge in [-0.2, -0.15) is 0 Å². The molecule has 0 aliphatic rings. The largest absolute Gasteiger partial charge is 0.479 e. The minimum atomic E-state index is -1.13. The van der Waals surface area contributed by atoms with Crippen molar-refractivity contribution in [2.24, 2.45) is 0 Å². The Balaban J connectivity index is 3.50. The fourth-order valence-corrected chi connectivity index (χ4v) is 0.999. The third-order valence-corrected chi connectivity index (χ3v) is 1.73. The summed E-state index contributed by atoms with van der Waals surface area (Å²) in [7, 11) is 0. The molecule has 1 unspecified atom stereocenters. The first-order valence-corrected chi connectivity index (χ1v) is 4.96. The lowest BCUT2D eigenvalue weighted by atomic mass is 10.1. The van der Waals surface area contributed by atoms with Crippen LogP contribution in [0.25, 0.3) is 0 Å². The van der Waals surface area contributed by atoms with Crippen molar-refractivity contribution in [3.8, 4) is 0 Å². The first kappa shape index (κ1) is 13.7. The molecule has 0 aromatic rings. The first-order chi connectivity index (χ1) is 7.06. The van der Waals surface area contributed by atoms with E-state index < -0.39 is 18.6 Å². The van der Waals surface area contributed by atoms with Crippen LogP contribution in [0.1, 0.15) is 33.1 Å². The molecule has 0 aliphatic heterocycles. The van der Waals surface area contributed by atoms with Gasteiger partial charge in [-0.3, -0.25) is 4.84 Å². The van der Waals surface area contributed by atoms with E-state index in [-0.39, 0.29) is 6.04 Å². The van der Waals surface area contributed by atoms with E-state index in [0.717, 1.165) is 19.3 Å². The number of carboxylic acid groups (broad SMARTS) is 1. The highest BCUT2D eigenvalue weighted by atomic mass is 16.7. The Morgan fingerprint density at radius 1 is 1.47 bits per heavy atom. The van der Waals surface area contributed by atoms with Gasteiger partial charge in [0, 0.05) is 6.04 Å². The molecule has 0 aromatic carbocycles. The molecule has 2 amide bonds. The van der Waals surface area contributed by atoms with Crippen LogP contribution >= 0.6 is 0 Å². The Morgan fingerprint density at radius 3 is 2.67 bits per heavy atom. The summed E-state index contributed by atoms with van der Waals surface area (Å²) in [6, 6.07) is -0.460. The van der Waals surface area contributed by atoms with Gasteiger partial charge in [0.15, 0.2) is 6.61 Å². The van der Waals surface area contributed by atoms with E-state index >= 15 is 0 Å². The maximum atomic E-state index is 11.1. The SMILES string of the molecule is CCCCC(C)NC(=O)NOCC(=O)O. The number of hydrogen-bond donors (Lipinski definition) is 3. The molecule has 0 rings (SSSR count). The van der Waals surface area contributed by atoms with Gasteiger partial charge >= 0.3 is 12.0 Å². The Labute approximate surface area is 88.9 Å². The highest BCUT2D eigenvalue weighted by Gasteiger charge is 2.06. The van der Waals surface area contributed by atoms with Crippen LogP contribution in [0.5, 0.6) is 0 Å². The fourth-order valence-electron chi connectivity index (χ4n) is 0.999. The van der Waals surface area contributed by atoms with E-state index in [9.17, 15) is 9.59 Å². The second-order valence-electron chi connectivity index (χ2n) is 3.30. The number of hydrogen-bond acceptors (Lipinski definition) is 3. The molecule has 0 spiro atoms. The zero-order valence-corrected chi connectivity index (χ0v) is 9.08. The summed E-state index contributed by atoms with van der Waals surface area (Å²) in [5.74, 6) is -1.13. The van der Waals surface area contributed by atoms with E-state index in [1.165, 1.54) is 0 Å². The molecule has 0 bridgehead atoms. The summed E-state index contributed by atoms with van der Waals surface area (Å²) in [6.45, 7) is 3.41. The normalized spacial score (nSPS) is 11.9. The summed E-state index contributed by atoms with van der Waals surface area (Å²) in [6.07, 6.45) is 3.00. The maximum Gasteiger partial charge on any atom is 0.338 e. The number of urea groups is 1. The quantitative estimate of drug-likeness (QED) is 0.553. The molecule has 0 aromatic heterocycles. The molecule has 0 heterocycles. The number of nitrogens with one attached hydrogen (secondary N) is 2. The Morgan fingerprint density at radius 2 is 2.13 bits per heavy atom. The number of amides is 2. The second-order valence-corrected chi connectivity index (χ2v) is 3.30. The maximum absolute atomic E-state index is 11.1. The van der Waals surface area contributed by atoms with E-state index in [1.807, 2.05) is 12.4 Å². The third-order valence-electron chi connectivity index (χ3n) is 1.73. The van der Waals surface area contributed by atoms with E-state index in [1.54, 1.807) is 0 Å². The molecule has 3 N–H and O–H groups in total. The highest BCUT2D eigenvalue weighted by molar-refractivity contribution is 5.73. The van der Waals surface area contributed by atoms with Crippen molar-refractivity contribution in [2.45, 2.75) is 39.2 Å². The highest BCUT2D eigenvalue weighted by Crippen LogP contribution is 1.98. The molecule has 0 fully saturated rings. The molecule has 0 aliphatic carbocycles. The molecule has 0 saturated carbocycles. The molecule has 88 valence electrons. The Kier molecular flexibility index (Phi) is 7.35.